The van der Waals surface area contributed by atoms with E-state index in [-0.39, 0.29) is 12.4 Å². The minimum Gasteiger partial charge on any atom is -0.508 e. The maximum atomic E-state index is 11.2. The van der Waals surface area contributed by atoms with Gasteiger partial charge < -0.3 is 10.00 Å². The molecule has 0 saturated carbocycles. The summed E-state index contributed by atoms with van der Waals surface area (Å²) in [6.07, 6.45) is 0. The van der Waals surface area contributed by atoms with Crippen molar-refractivity contribution in [3.8, 4) is 16.9 Å². The van der Waals surface area contributed by atoms with Crippen LogP contribution in [-0.2, 0) is 20.2 Å². The smallest absolute Gasteiger partial charge is 0.472 e. The standard InChI is InChI=1S/C14H15O5P/c1-18-20(16,17)19-10-11-3-2-4-13(9-11)12-5-7-14(15)8-6-12/h2-9,15H,10H2,1H3,(H,16,17). The maximum Gasteiger partial charge on any atom is 0.472 e. The number of phenolic OH excluding ortho intramolecular Hbond substituents is 1. The van der Waals surface area contributed by atoms with Gasteiger partial charge >= 0.3 is 7.82 Å². The zero-order chi connectivity index (χ0) is 14.6. The quantitative estimate of drug-likeness (QED) is 0.827. The van der Waals surface area contributed by atoms with Crippen molar-refractivity contribution in [2.75, 3.05) is 7.11 Å². The molecule has 0 aliphatic rings. The van der Waals surface area contributed by atoms with E-state index in [0.29, 0.717) is 0 Å². The van der Waals surface area contributed by atoms with Gasteiger partial charge in [-0.25, -0.2) is 4.57 Å². The van der Waals surface area contributed by atoms with Crippen LogP contribution in [-0.4, -0.2) is 17.1 Å². The number of aromatic hydroxyl groups is 1. The highest BCUT2D eigenvalue weighted by Crippen LogP contribution is 2.42. The predicted molar refractivity (Wildman–Crippen MR) is 75.2 cm³/mol. The van der Waals surface area contributed by atoms with E-state index in [0.717, 1.165) is 23.8 Å². The molecule has 0 amide bonds. The van der Waals surface area contributed by atoms with Gasteiger partial charge in [-0.15, -0.1) is 0 Å². The number of phenols is 1. The van der Waals surface area contributed by atoms with E-state index >= 15 is 0 Å². The third-order valence-electron chi connectivity index (χ3n) is 2.75. The Bertz CT molecular complexity index is 624. The molecule has 0 aromatic heterocycles. The average Bonchev–Trinajstić information content (AvgIpc) is 2.46. The van der Waals surface area contributed by atoms with Crippen molar-refractivity contribution in [2.45, 2.75) is 6.61 Å². The third-order valence-corrected chi connectivity index (χ3v) is 3.67. The largest absolute Gasteiger partial charge is 0.508 e. The number of hydrogen-bond donors (Lipinski definition) is 2. The fourth-order valence-electron chi connectivity index (χ4n) is 1.70. The van der Waals surface area contributed by atoms with Crippen molar-refractivity contribution < 1.29 is 23.6 Å². The maximum absolute atomic E-state index is 11.2. The van der Waals surface area contributed by atoms with Gasteiger partial charge in [-0.05, 0) is 34.9 Å². The third kappa shape index (κ3) is 3.92. The van der Waals surface area contributed by atoms with Gasteiger partial charge in [0.25, 0.3) is 0 Å². The first-order valence-corrected chi connectivity index (χ1v) is 7.41. The summed E-state index contributed by atoms with van der Waals surface area (Å²) in [5.74, 6) is 0.203. The van der Waals surface area contributed by atoms with Crippen molar-refractivity contribution in [3.63, 3.8) is 0 Å². The lowest BCUT2D eigenvalue weighted by molar-refractivity contribution is 0.166. The summed E-state index contributed by atoms with van der Waals surface area (Å²) in [5.41, 5.74) is 2.61. The molecule has 20 heavy (non-hydrogen) atoms. The minimum absolute atomic E-state index is 0.0203. The van der Waals surface area contributed by atoms with Gasteiger partial charge in [0.05, 0.1) is 6.61 Å². The second kappa shape index (κ2) is 6.20. The van der Waals surface area contributed by atoms with E-state index in [4.69, 9.17) is 4.52 Å². The lowest BCUT2D eigenvalue weighted by Crippen LogP contribution is -1.93. The first-order valence-electron chi connectivity index (χ1n) is 5.91. The van der Waals surface area contributed by atoms with E-state index in [9.17, 15) is 14.6 Å². The van der Waals surface area contributed by atoms with Gasteiger partial charge in [0.15, 0.2) is 0 Å². The zero-order valence-corrected chi connectivity index (χ0v) is 11.8. The zero-order valence-electron chi connectivity index (χ0n) is 10.9. The molecule has 0 fully saturated rings. The monoisotopic (exact) mass is 294 g/mol. The molecular formula is C14H15O5P. The van der Waals surface area contributed by atoms with Crippen molar-refractivity contribution in [2.24, 2.45) is 0 Å². The van der Waals surface area contributed by atoms with Crippen LogP contribution in [0.2, 0.25) is 0 Å². The Balaban J connectivity index is 2.16. The molecule has 1 unspecified atom stereocenters. The van der Waals surface area contributed by atoms with Crippen LogP contribution in [0.3, 0.4) is 0 Å². The average molecular weight is 294 g/mol. The highest BCUT2D eigenvalue weighted by Gasteiger charge is 2.18. The van der Waals surface area contributed by atoms with E-state index in [1.165, 1.54) is 0 Å². The number of phosphoric ester groups is 1. The molecule has 2 aromatic rings. The molecular weight excluding hydrogens is 279 g/mol. The van der Waals surface area contributed by atoms with Crippen molar-refractivity contribution in [3.05, 3.63) is 54.1 Å². The van der Waals surface area contributed by atoms with Crippen molar-refractivity contribution in [1.29, 1.82) is 0 Å². The highest BCUT2D eigenvalue weighted by atomic mass is 31.2. The minimum atomic E-state index is -3.97. The Morgan fingerprint density at radius 1 is 1.10 bits per heavy atom. The van der Waals surface area contributed by atoms with Gasteiger partial charge in [0, 0.05) is 7.11 Å². The van der Waals surface area contributed by atoms with Gasteiger partial charge in [-0.2, -0.15) is 0 Å². The van der Waals surface area contributed by atoms with Crippen LogP contribution in [0.15, 0.2) is 48.5 Å². The Morgan fingerprint density at radius 3 is 2.45 bits per heavy atom. The number of benzene rings is 2. The van der Waals surface area contributed by atoms with Crippen LogP contribution in [0.1, 0.15) is 5.56 Å². The first kappa shape index (κ1) is 14.8. The SMILES string of the molecule is COP(=O)(O)OCc1cccc(-c2ccc(O)cc2)c1. The molecule has 0 spiro atoms. The first-order chi connectivity index (χ1) is 9.50. The van der Waals surface area contributed by atoms with Crippen LogP contribution in [0.25, 0.3) is 11.1 Å². The van der Waals surface area contributed by atoms with Crippen LogP contribution in [0.5, 0.6) is 5.75 Å². The number of phosphoric acid groups is 1. The van der Waals surface area contributed by atoms with Crippen LogP contribution in [0.4, 0.5) is 0 Å². The molecule has 106 valence electrons. The lowest BCUT2D eigenvalue weighted by atomic mass is 10.0. The van der Waals surface area contributed by atoms with Crippen molar-refractivity contribution in [1.82, 2.24) is 0 Å². The Morgan fingerprint density at radius 2 is 1.80 bits per heavy atom. The molecule has 0 saturated heterocycles. The van der Waals surface area contributed by atoms with Crippen LogP contribution in [0, 0.1) is 0 Å². The fourth-order valence-corrected chi connectivity index (χ4v) is 2.12. The summed E-state index contributed by atoms with van der Waals surface area (Å²) in [7, 11) is -2.85. The normalized spacial score (nSPS) is 13.9. The lowest BCUT2D eigenvalue weighted by Gasteiger charge is -2.10. The topological polar surface area (TPSA) is 76.0 Å². The number of rotatable bonds is 5. The number of hydrogen-bond acceptors (Lipinski definition) is 4. The highest BCUT2D eigenvalue weighted by molar-refractivity contribution is 7.47. The summed E-state index contributed by atoms with van der Waals surface area (Å²) < 4.78 is 20.4. The van der Waals surface area contributed by atoms with Gasteiger partial charge in [-0.3, -0.25) is 9.05 Å². The van der Waals surface area contributed by atoms with E-state index < -0.39 is 7.82 Å². The molecule has 2 aromatic carbocycles. The fraction of sp³-hybridized carbons (Fsp3) is 0.143. The van der Waals surface area contributed by atoms with Crippen LogP contribution < -0.4 is 0 Å². The second-order valence-corrected chi connectivity index (χ2v) is 5.73. The molecule has 0 radical (unpaired) electrons. The molecule has 6 heteroatoms. The van der Waals surface area contributed by atoms with Crippen molar-refractivity contribution >= 4 is 7.82 Å². The Kier molecular flexibility index (Phi) is 4.57. The summed E-state index contributed by atoms with van der Waals surface area (Å²) in [4.78, 5) is 9.18. The second-order valence-electron chi connectivity index (χ2n) is 4.17. The van der Waals surface area contributed by atoms with Crippen LogP contribution >= 0.6 is 7.82 Å². The summed E-state index contributed by atoms with van der Waals surface area (Å²) in [6.45, 7) is -0.0203. The molecule has 0 aliphatic carbocycles. The molecule has 0 bridgehead atoms. The molecule has 1 atom stereocenters. The molecule has 2 N–H and O–H groups in total. The summed E-state index contributed by atoms with van der Waals surface area (Å²) in [6, 6.07) is 14.2. The predicted octanol–water partition coefficient (Wildman–Crippen LogP) is 3.32. The molecule has 0 heterocycles. The molecule has 0 aliphatic heterocycles. The molecule has 2 rings (SSSR count). The summed E-state index contributed by atoms with van der Waals surface area (Å²) in [5, 5.41) is 9.27. The van der Waals surface area contributed by atoms with Gasteiger partial charge in [0.2, 0.25) is 0 Å². The Hall–Kier alpha value is -1.65. The van der Waals surface area contributed by atoms with Gasteiger partial charge in [0.1, 0.15) is 5.75 Å². The Labute approximate surface area is 117 Å². The summed E-state index contributed by atoms with van der Waals surface area (Å²) >= 11 is 0. The van der Waals surface area contributed by atoms with E-state index in [1.54, 1.807) is 30.3 Å². The van der Waals surface area contributed by atoms with E-state index in [1.807, 2.05) is 18.2 Å². The van der Waals surface area contributed by atoms with Gasteiger partial charge in [-0.1, -0.05) is 30.3 Å². The molecule has 5 nitrogen and oxygen atoms in total. The van der Waals surface area contributed by atoms with E-state index in [2.05, 4.69) is 4.52 Å².